The van der Waals surface area contributed by atoms with Crippen LogP contribution in [0.5, 0.6) is 0 Å². The van der Waals surface area contributed by atoms with Gasteiger partial charge in [0.25, 0.3) is 5.56 Å². The molecule has 0 aromatic carbocycles. The summed E-state index contributed by atoms with van der Waals surface area (Å²) < 4.78 is 1.76. The van der Waals surface area contributed by atoms with Crippen molar-refractivity contribution in [3.05, 3.63) is 45.4 Å². The molecule has 2 heterocycles. The SMILES string of the molecule is Cc1nc(C)c(C(C)NCc2ccn(C)n2)c(=O)[nH]1. The number of nitrogens with zero attached hydrogens (tertiary/aromatic N) is 3. The van der Waals surface area contributed by atoms with Crippen molar-refractivity contribution in [1.29, 1.82) is 0 Å². The molecule has 0 bridgehead atoms. The van der Waals surface area contributed by atoms with Gasteiger partial charge in [0.15, 0.2) is 0 Å². The van der Waals surface area contributed by atoms with Crippen LogP contribution in [0.3, 0.4) is 0 Å². The lowest BCUT2D eigenvalue weighted by Gasteiger charge is -2.14. The van der Waals surface area contributed by atoms with Crippen molar-refractivity contribution >= 4 is 0 Å². The van der Waals surface area contributed by atoms with Crippen LogP contribution < -0.4 is 10.9 Å². The molecule has 0 saturated heterocycles. The number of nitrogens with one attached hydrogen (secondary N) is 2. The van der Waals surface area contributed by atoms with Gasteiger partial charge in [-0.05, 0) is 26.8 Å². The minimum Gasteiger partial charge on any atom is -0.310 e. The van der Waals surface area contributed by atoms with Gasteiger partial charge >= 0.3 is 0 Å². The Kier molecular flexibility index (Phi) is 3.80. The quantitative estimate of drug-likeness (QED) is 0.860. The topological polar surface area (TPSA) is 75.6 Å². The van der Waals surface area contributed by atoms with Gasteiger partial charge in [0.2, 0.25) is 0 Å². The molecule has 2 aromatic heterocycles. The third-order valence-electron chi connectivity index (χ3n) is 3.06. The van der Waals surface area contributed by atoms with E-state index in [1.807, 2.05) is 33.2 Å². The highest BCUT2D eigenvalue weighted by Gasteiger charge is 2.14. The van der Waals surface area contributed by atoms with E-state index in [2.05, 4.69) is 20.4 Å². The van der Waals surface area contributed by atoms with Gasteiger partial charge in [-0.2, -0.15) is 5.10 Å². The summed E-state index contributed by atoms with van der Waals surface area (Å²) in [6, 6.07) is 1.88. The summed E-state index contributed by atoms with van der Waals surface area (Å²) in [5, 5.41) is 7.58. The standard InChI is InChI=1S/C13H19N5O/c1-8(14-7-11-5-6-18(4)17-11)12-9(2)15-10(3)16-13(12)19/h5-6,8,14H,7H2,1-4H3,(H,15,16,19). The third kappa shape index (κ3) is 3.08. The van der Waals surface area contributed by atoms with E-state index in [-0.39, 0.29) is 11.6 Å². The molecule has 0 aliphatic heterocycles. The van der Waals surface area contributed by atoms with E-state index in [4.69, 9.17) is 0 Å². The molecule has 19 heavy (non-hydrogen) atoms. The molecule has 0 aliphatic carbocycles. The molecule has 1 atom stereocenters. The summed E-state index contributed by atoms with van der Waals surface area (Å²) >= 11 is 0. The first-order chi connectivity index (χ1) is 8.97. The molecule has 2 N–H and O–H groups in total. The zero-order valence-electron chi connectivity index (χ0n) is 11.7. The van der Waals surface area contributed by atoms with Crippen LogP contribution in [0, 0.1) is 13.8 Å². The maximum absolute atomic E-state index is 12.0. The predicted octanol–water partition coefficient (Wildman–Crippen LogP) is 0.971. The minimum atomic E-state index is -0.0778. The van der Waals surface area contributed by atoms with Crippen LogP contribution in [-0.2, 0) is 13.6 Å². The molecule has 0 aliphatic rings. The largest absolute Gasteiger partial charge is 0.310 e. The van der Waals surface area contributed by atoms with E-state index < -0.39 is 0 Å². The summed E-state index contributed by atoms with van der Waals surface area (Å²) in [7, 11) is 1.88. The lowest BCUT2D eigenvalue weighted by Crippen LogP contribution is -2.27. The fraction of sp³-hybridized carbons (Fsp3) is 0.462. The zero-order valence-corrected chi connectivity index (χ0v) is 11.7. The minimum absolute atomic E-state index is 0.0705. The van der Waals surface area contributed by atoms with Crippen LogP contribution in [-0.4, -0.2) is 19.7 Å². The van der Waals surface area contributed by atoms with Crippen LogP contribution in [0.1, 0.15) is 35.7 Å². The maximum Gasteiger partial charge on any atom is 0.255 e. The highest BCUT2D eigenvalue weighted by atomic mass is 16.1. The van der Waals surface area contributed by atoms with Crippen LogP contribution >= 0.6 is 0 Å². The molecule has 0 saturated carbocycles. The van der Waals surface area contributed by atoms with E-state index in [1.165, 1.54) is 0 Å². The average Bonchev–Trinajstić information content (AvgIpc) is 2.71. The van der Waals surface area contributed by atoms with E-state index in [1.54, 1.807) is 11.6 Å². The van der Waals surface area contributed by atoms with Crippen LogP contribution in [0.2, 0.25) is 0 Å². The van der Waals surface area contributed by atoms with Gasteiger partial charge < -0.3 is 10.3 Å². The Bertz CT molecular complexity index is 628. The Labute approximate surface area is 111 Å². The second-order valence-electron chi connectivity index (χ2n) is 4.73. The van der Waals surface area contributed by atoms with Crippen LogP contribution in [0.4, 0.5) is 0 Å². The van der Waals surface area contributed by atoms with Crippen molar-refractivity contribution in [3.8, 4) is 0 Å². The molecule has 0 amide bonds. The smallest absolute Gasteiger partial charge is 0.255 e. The first kappa shape index (κ1) is 13.5. The van der Waals surface area contributed by atoms with Crippen molar-refractivity contribution in [2.75, 3.05) is 0 Å². The lowest BCUT2D eigenvalue weighted by molar-refractivity contribution is 0.551. The molecule has 6 nitrogen and oxygen atoms in total. The van der Waals surface area contributed by atoms with Crippen LogP contribution in [0.15, 0.2) is 17.1 Å². The molecule has 0 fully saturated rings. The van der Waals surface area contributed by atoms with Crippen molar-refractivity contribution in [3.63, 3.8) is 0 Å². The Morgan fingerprint density at radius 3 is 2.79 bits per heavy atom. The van der Waals surface area contributed by atoms with Crippen molar-refractivity contribution in [2.45, 2.75) is 33.4 Å². The highest BCUT2D eigenvalue weighted by molar-refractivity contribution is 5.20. The lowest BCUT2D eigenvalue weighted by atomic mass is 10.1. The molecule has 6 heteroatoms. The number of rotatable bonds is 4. The van der Waals surface area contributed by atoms with E-state index >= 15 is 0 Å². The second-order valence-corrected chi connectivity index (χ2v) is 4.73. The van der Waals surface area contributed by atoms with Crippen molar-refractivity contribution in [1.82, 2.24) is 25.1 Å². The van der Waals surface area contributed by atoms with Gasteiger partial charge in [-0.3, -0.25) is 9.48 Å². The van der Waals surface area contributed by atoms with Crippen molar-refractivity contribution in [2.24, 2.45) is 7.05 Å². The molecule has 102 valence electrons. The molecule has 2 rings (SSSR count). The van der Waals surface area contributed by atoms with E-state index in [0.29, 0.717) is 17.9 Å². The maximum atomic E-state index is 12.0. The van der Waals surface area contributed by atoms with Gasteiger partial charge in [0.1, 0.15) is 5.82 Å². The normalized spacial score (nSPS) is 12.6. The molecule has 2 aromatic rings. The summed E-state index contributed by atoms with van der Waals surface area (Å²) in [4.78, 5) is 19.0. The number of aryl methyl sites for hydroxylation is 3. The van der Waals surface area contributed by atoms with Gasteiger partial charge in [0, 0.05) is 31.5 Å². The monoisotopic (exact) mass is 261 g/mol. The summed E-state index contributed by atoms with van der Waals surface area (Å²) in [6.07, 6.45) is 1.90. The molecular formula is C13H19N5O. The van der Waals surface area contributed by atoms with Crippen LogP contribution in [0.25, 0.3) is 0 Å². The Morgan fingerprint density at radius 2 is 2.21 bits per heavy atom. The van der Waals surface area contributed by atoms with E-state index in [0.717, 1.165) is 11.4 Å². The molecule has 1 unspecified atom stereocenters. The number of aromatic nitrogens is 4. The first-order valence-corrected chi connectivity index (χ1v) is 6.26. The Balaban J connectivity index is 2.12. The van der Waals surface area contributed by atoms with E-state index in [9.17, 15) is 4.79 Å². The summed E-state index contributed by atoms with van der Waals surface area (Å²) in [5.74, 6) is 0.642. The Hall–Kier alpha value is -1.95. The van der Waals surface area contributed by atoms with Crippen molar-refractivity contribution < 1.29 is 0 Å². The number of hydrogen-bond donors (Lipinski definition) is 2. The summed E-state index contributed by atoms with van der Waals surface area (Å²) in [5.41, 5.74) is 2.32. The average molecular weight is 261 g/mol. The van der Waals surface area contributed by atoms with Gasteiger partial charge in [-0.25, -0.2) is 4.98 Å². The fourth-order valence-corrected chi connectivity index (χ4v) is 2.16. The Morgan fingerprint density at radius 1 is 1.47 bits per heavy atom. The number of aromatic amines is 1. The third-order valence-corrected chi connectivity index (χ3v) is 3.06. The number of H-pyrrole nitrogens is 1. The second kappa shape index (κ2) is 5.36. The summed E-state index contributed by atoms with van der Waals surface area (Å²) in [6.45, 7) is 6.22. The van der Waals surface area contributed by atoms with Gasteiger partial charge in [-0.1, -0.05) is 0 Å². The molecule has 0 radical (unpaired) electrons. The number of hydrogen-bond acceptors (Lipinski definition) is 4. The highest BCUT2D eigenvalue weighted by Crippen LogP contribution is 2.11. The molecular weight excluding hydrogens is 242 g/mol. The molecule has 0 spiro atoms. The first-order valence-electron chi connectivity index (χ1n) is 6.26. The predicted molar refractivity (Wildman–Crippen MR) is 72.8 cm³/mol. The van der Waals surface area contributed by atoms with Gasteiger partial charge in [0.05, 0.1) is 11.3 Å². The zero-order chi connectivity index (χ0) is 14.0. The van der Waals surface area contributed by atoms with Gasteiger partial charge in [-0.15, -0.1) is 0 Å². The fourth-order valence-electron chi connectivity index (χ4n) is 2.16.